The highest BCUT2D eigenvalue weighted by atomic mass is 19.1. The quantitative estimate of drug-likeness (QED) is 0.470. The third kappa shape index (κ3) is 5.52. The van der Waals surface area contributed by atoms with Crippen molar-refractivity contribution in [1.29, 1.82) is 0 Å². The largest absolute Gasteiger partial charge is 0.444 e. The molecule has 1 aliphatic heterocycles. The lowest BCUT2D eigenvalue weighted by molar-refractivity contribution is -0.108. The number of hydrogen-bond donors (Lipinski definition) is 3. The molecule has 2 rings (SSSR count). The third-order valence-electron chi connectivity index (χ3n) is 4.35. The lowest BCUT2D eigenvalue weighted by Crippen LogP contribution is -2.48. The average Bonchev–Trinajstić information content (AvgIpc) is 2.92. The standard InChI is InChI=1S/C18H26FN3O8/c1-18(2,3)30-16(27)20-10(5-7-23)8-22-12(25)4-6-21(17(22)28)15-13(19)14(26)11(9-24)29-15/h4,6-7,10-11,13-15,24,26H,5,8-9H2,1-3H3,(H,20,27)/t10?,11-,13+,14-,15-/m1/s1. The van der Waals surface area contributed by atoms with Crippen molar-refractivity contribution in [3.63, 3.8) is 0 Å². The van der Waals surface area contributed by atoms with Gasteiger partial charge in [-0.2, -0.15) is 0 Å². The highest BCUT2D eigenvalue weighted by Gasteiger charge is 2.45. The average molecular weight is 431 g/mol. The molecule has 12 heteroatoms. The maximum atomic E-state index is 14.4. The summed E-state index contributed by atoms with van der Waals surface area (Å²) in [4.78, 5) is 48.0. The SMILES string of the molecule is CC(C)(C)OC(=O)NC(CC=O)Cn1c(=O)ccn([C@@H]2O[C@H](CO)[C@@H](O)[C@@H]2F)c1=O. The Bertz CT molecular complexity index is 877. The summed E-state index contributed by atoms with van der Waals surface area (Å²) in [6, 6.07) is 0.0433. The van der Waals surface area contributed by atoms with E-state index in [1.165, 1.54) is 0 Å². The number of carbonyl (C=O) groups excluding carboxylic acids is 2. The Hall–Kier alpha value is -2.57. The summed E-state index contributed by atoms with van der Waals surface area (Å²) in [7, 11) is 0. The third-order valence-corrected chi connectivity index (χ3v) is 4.35. The molecule has 1 amide bonds. The molecule has 0 spiro atoms. The number of aromatic nitrogens is 2. The molecule has 1 aromatic heterocycles. The summed E-state index contributed by atoms with van der Waals surface area (Å²) < 4.78 is 26.2. The molecule has 1 saturated heterocycles. The number of halogens is 1. The van der Waals surface area contributed by atoms with E-state index in [4.69, 9.17) is 14.6 Å². The maximum absolute atomic E-state index is 14.4. The molecule has 1 unspecified atom stereocenters. The molecule has 0 bridgehead atoms. The maximum Gasteiger partial charge on any atom is 0.407 e. The number of aliphatic hydroxyl groups excluding tert-OH is 2. The van der Waals surface area contributed by atoms with E-state index in [1.54, 1.807) is 20.8 Å². The molecule has 1 aromatic rings. The molecule has 0 aromatic carbocycles. The van der Waals surface area contributed by atoms with Crippen molar-refractivity contribution in [1.82, 2.24) is 14.5 Å². The molecule has 30 heavy (non-hydrogen) atoms. The number of alkyl halides is 1. The van der Waals surface area contributed by atoms with Crippen LogP contribution in [0.5, 0.6) is 0 Å². The Kier molecular flexibility index (Phi) is 7.50. The van der Waals surface area contributed by atoms with E-state index in [1.807, 2.05) is 0 Å². The van der Waals surface area contributed by atoms with E-state index in [-0.39, 0.29) is 13.0 Å². The van der Waals surface area contributed by atoms with Crippen LogP contribution in [0.15, 0.2) is 21.9 Å². The van der Waals surface area contributed by atoms with Crippen LogP contribution in [0.1, 0.15) is 33.4 Å². The Morgan fingerprint density at radius 2 is 2.10 bits per heavy atom. The number of nitrogens with one attached hydrogen (secondary N) is 1. The molecule has 5 atom stereocenters. The van der Waals surface area contributed by atoms with Gasteiger partial charge in [0.25, 0.3) is 5.56 Å². The van der Waals surface area contributed by atoms with Crippen molar-refractivity contribution < 1.29 is 33.7 Å². The molecule has 1 fully saturated rings. The monoisotopic (exact) mass is 431 g/mol. The van der Waals surface area contributed by atoms with Gasteiger partial charge >= 0.3 is 11.8 Å². The van der Waals surface area contributed by atoms with Gasteiger partial charge in [0.05, 0.1) is 19.2 Å². The first kappa shape index (κ1) is 23.7. The Morgan fingerprint density at radius 1 is 1.43 bits per heavy atom. The first-order chi connectivity index (χ1) is 14.0. The normalized spacial score (nSPS) is 25.0. The number of ether oxygens (including phenoxy) is 2. The van der Waals surface area contributed by atoms with Crippen molar-refractivity contribution in [2.24, 2.45) is 0 Å². The van der Waals surface area contributed by atoms with Gasteiger partial charge in [-0.05, 0) is 20.8 Å². The van der Waals surface area contributed by atoms with Gasteiger partial charge in [0.15, 0.2) is 12.4 Å². The minimum atomic E-state index is -2.02. The number of nitrogens with zero attached hydrogens (tertiary/aromatic N) is 2. The van der Waals surface area contributed by atoms with E-state index in [9.17, 15) is 28.7 Å². The lowest BCUT2D eigenvalue weighted by atomic mass is 10.1. The second-order valence-electron chi connectivity index (χ2n) is 7.88. The molecule has 168 valence electrons. The number of rotatable bonds is 7. The molecule has 1 aliphatic rings. The highest BCUT2D eigenvalue weighted by molar-refractivity contribution is 5.68. The summed E-state index contributed by atoms with van der Waals surface area (Å²) in [5.74, 6) is 0. The molecule has 11 nitrogen and oxygen atoms in total. The Balaban J connectivity index is 2.29. The minimum absolute atomic E-state index is 0.211. The van der Waals surface area contributed by atoms with Gasteiger partial charge in [-0.3, -0.25) is 13.9 Å². The predicted octanol–water partition coefficient (Wildman–Crippen LogP) is -0.919. The number of alkyl carbamates (subject to hydrolysis) is 1. The molecule has 0 saturated carbocycles. The van der Waals surface area contributed by atoms with Crippen LogP contribution in [0, 0.1) is 0 Å². The van der Waals surface area contributed by atoms with Crippen LogP contribution in [-0.4, -0.2) is 68.4 Å². The van der Waals surface area contributed by atoms with E-state index in [0.717, 1.165) is 16.8 Å². The molecule has 0 aliphatic carbocycles. The van der Waals surface area contributed by atoms with Crippen molar-refractivity contribution >= 4 is 12.4 Å². The van der Waals surface area contributed by atoms with E-state index >= 15 is 0 Å². The molecular weight excluding hydrogens is 405 g/mol. The first-order valence-electron chi connectivity index (χ1n) is 9.32. The van der Waals surface area contributed by atoms with Crippen molar-refractivity contribution in [2.45, 2.75) is 70.0 Å². The van der Waals surface area contributed by atoms with Gasteiger partial charge in [-0.15, -0.1) is 0 Å². The summed E-state index contributed by atoms with van der Waals surface area (Å²) >= 11 is 0. The van der Waals surface area contributed by atoms with E-state index < -0.39 is 60.2 Å². The van der Waals surface area contributed by atoms with Crippen molar-refractivity contribution in [3.05, 3.63) is 33.1 Å². The minimum Gasteiger partial charge on any atom is -0.444 e. The number of aliphatic hydroxyl groups is 2. The van der Waals surface area contributed by atoms with Gasteiger partial charge in [-0.1, -0.05) is 0 Å². The number of amides is 1. The van der Waals surface area contributed by atoms with E-state index in [2.05, 4.69) is 5.32 Å². The van der Waals surface area contributed by atoms with Crippen LogP contribution < -0.4 is 16.6 Å². The fourth-order valence-electron chi connectivity index (χ4n) is 2.96. The first-order valence-corrected chi connectivity index (χ1v) is 9.32. The van der Waals surface area contributed by atoms with Gasteiger partial charge < -0.3 is 29.8 Å². The second-order valence-corrected chi connectivity index (χ2v) is 7.88. The highest BCUT2D eigenvalue weighted by Crippen LogP contribution is 2.30. The van der Waals surface area contributed by atoms with Crippen molar-refractivity contribution in [3.8, 4) is 0 Å². The number of aldehydes is 1. The summed E-state index contributed by atoms with van der Waals surface area (Å²) in [6.07, 6.45) is -5.98. The molecular formula is C18H26FN3O8. The molecule has 2 heterocycles. The van der Waals surface area contributed by atoms with Crippen LogP contribution in [0.25, 0.3) is 0 Å². The van der Waals surface area contributed by atoms with Crippen molar-refractivity contribution in [2.75, 3.05) is 6.61 Å². The summed E-state index contributed by atoms with van der Waals surface area (Å²) in [6.45, 7) is 3.89. The summed E-state index contributed by atoms with van der Waals surface area (Å²) in [5.41, 5.74) is -2.51. The fraction of sp³-hybridized carbons (Fsp3) is 0.667. The van der Waals surface area contributed by atoms with Crippen LogP contribution in [0.2, 0.25) is 0 Å². The van der Waals surface area contributed by atoms with Crippen LogP contribution in [0.3, 0.4) is 0 Å². The molecule has 0 radical (unpaired) electrons. The number of hydrogen-bond acceptors (Lipinski definition) is 8. The fourth-order valence-corrected chi connectivity index (χ4v) is 2.96. The van der Waals surface area contributed by atoms with Gasteiger partial charge in [-0.25, -0.2) is 14.0 Å². The van der Waals surface area contributed by atoms with Gasteiger partial charge in [0, 0.05) is 18.7 Å². The van der Waals surface area contributed by atoms with Crippen LogP contribution in [-0.2, 0) is 20.8 Å². The Labute approximate surface area is 171 Å². The predicted molar refractivity (Wildman–Crippen MR) is 101 cm³/mol. The van der Waals surface area contributed by atoms with Crippen LogP contribution >= 0.6 is 0 Å². The van der Waals surface area contributed by atoms with Crippen LogP contribution in [0.4, 0.5) is 9.18 Å². The molecule has 3 N–H and O–H groups in total. The van der Waals surface area contributed by atoms with Gasteiger partial charge in [0.2, 0.25) is 0 Å². The summed E-state index contributed by atoms with van der Waals surface area (Å²) in [5, 5.41) is 21.3. The van der Waals surface area contributed by atoms with Gasteiger partial charge in [0.1, 0.15) is 24.1 Å². The zero-order valence-corrected chi connectivity index (χ0v) is 16.9. The zero-order chi connectivity index (χ0) is 22.6. The topological polar surface area (TPSA) is 149 Å². The Morgan fingerprint density at radius 3 is 2.63 bits per heavy atom. The zero-order valence-electron chi connectivity index (χ0n) is 16.9. The van der Waals surface area contributed by atoms with E-state index in [0.29, 0.717) is 10.9 Å². The second kappa shape index (κ2) is 9.49. The smallest absolute Gasteiger partial charge is 0.407 e. The number of carbonyl (C=O) groups is 2. The lowest BCUT2D eigenvalue weighted by Gasteiger charge is -2.23.